The Bertz CT molecular complexity index is 1360. The molecular formula is C33H34Cl2F2NNaO4. The van der Waals surface area contributed by atoms with Crippen molar-refractivity contribution < 1.29 is 57.8 Å². The number of aliphatic carboxylic acids is 1. The zero-order chi connectivity index (χ0) is 30.6. The van der Waals surface area contributed by atoms with Crippen LogP contribution in [0.2, 0.25) is 10.0 Å². The Balaban J connectivity index is 0.00000645. The van der Waals surface area contributed by atoms with Gasteiger partial charge < -0.3 is 15.2 Å². The Morgan fingerprint density at radius 3 is 1.58 bits per heavy atom. The van der Waals surface area contributed by atoms with Gasteiger partial charge in [-0.05, 0) is 65.1 Å². The van der Waals surface area contributed by atoms with Gasteiger partial charge in [-0.15, -0.1) is 0 Å². The van der Waals surface area contributed by atoms with Crippen LogP contribution in [0.15, 0.2) is 48.5 Å². The van der Waals surface area contributed by atoms with E-state index in [4.69, 9.17) is 23.2 Å². The maximum atomic E-state index is 14.0. The van der Waals surface area contributed by atoms with Crippen molar-refractivity contribution in [2.24, 2.45) is 0 Å². The Morgan fingerprint density at radius 2 is 1.16 bits per heavy atom. The molecule has 43 heavy (non-hydrogen) atoms. The van der Waals surface area contributed by atoms with Gasteiger partial charge >= 0.3 is 29.6 Å². The van der Waals surface area contributed by atoms with Crippen molar-refractivity contribution in [3.8, 4) is 22.3 Å². The molecular weight excluding hydrogens is 606 g/mol. The van der Waals surface area contributed by atoms with E-state index in [1.165, 1.54) is 74.9 Å². The predicted molar refractivity (Wildman–Crippen MR) is 161 cm³/mol. The third-order valence-electron chi connectivity index (χ3n) is 7.09. The molecule has 5 nitrogen and oxygen atoms in total. The summed E-state index contributed by atoms with van der Waals surface area (Å²) in [6, 6.07) is 9.92. The van der Waals surface area contributed by atoms with Gasteiger partial charge in [-0.3, -0.25) is 9.59 Å². The molecule has 0 radical (unpaired) electrons. The molecule has 10 heteroatoms. The van der Waals surface area contributed by atoms with Gasteiger partial charge in [0.15, 0.2) is 0 Å². The zero-order valence-corrected chi connectivity index (χ0v) is 28.1. The number of amides is 1. The first-order valence-corrected chi connectivity index (χ1v) is 15.0. The maximum Gasteiger partial charge on any atom is 1.00 e. The minimum absolute atomic E-state index is 0. The van der Waals surface area contributed by atoms with Crippen LogP contribution in [-0.4, -0.2) is 24.2 Å². The number of Topliss-reactive ketones (excluding diaryl/α,β-unsaturated/α-hetero) is 1. The topological polar surface area (TPSA) is 86.3 Å². The number of unbranched alkanes of at least 4 members (excludes halogenated alkanes) is 9. The smallest absolute Gasteiger partial charge is 0.541 e. The van der Waals surface area contributed by atoms with E-state index in [-0.39, 0.29) is 73.0 Å². The van der Waals surface area contributed by atoms with Crippen LogP contribution >= 0.6 is 23.2 Å². The van der Waals surface area contributed by atoms with Crippen LogP contribution in [0.25, 0.3) is 22.3 Å². The van der Waals surface area contributed by atoms with Crippen molar-refractivity contribution >= 4 is 40.9 Å². The SMILES string of the molecule is CCCCCCCCCCCCNC(=O)c1cc(-c2ccc(F)c(Cl)c2)c(C(=O)C(=O)[O-])c(-c2ccc(F)c(Cl)c2)c1.[Na+]. The normalized spacial score (nSPS) is 10.7. The number of carboxylic acids is 1. The van der Waals surface area contributed by atoms with Crippen molar-refractivity contribution in [1.82, 2.24) is 5.32 Å². The second-order valence-electron chi connectivity index (χ2n) is 10.3. The van der Waals surface area contributed by atoms with Crippen LogP contribution in [0.1, 0.15) is 91.8 Å². The third kappa shape index (κ3) is 10.7. The van der Waals surface area contributed by atoms with Gasteiger partial charge in [0.2, 0.25) is 5.78 Å². The van der Waals surface area contributed by atoms with Crippen LogP contribution in [-0.2, 0) is 4.79 Å². The molecule has 0 spiro atoms. The Hall–Kier alpha value is -2.29. The van der Waals surface area contributed by atoms with Gasteiger partial charge in [-0.2, -0.15) is 0 Å². The first-order chi connectivity index (χ1) is 20.1. The van der Waals surface area contributed by atoms with E-state index in [2.05, 4.69) is 12.2 Å². The molecule has 3 aromatic rings. The van der Waals surface area contributed by atoms with E-state index in [0.29, 0.717) is 6.54 Å². The first-order valence-electron chi connectivity index (χ1n) is 14.3. The molecule has 0 aromatic heterocycles. The standard InChI is InChI=1S/C33H35Cl2F2NO4.Na/c1-2-3-4-5-6-7-8-9-10-11-16-38-32(40)23-17-24(21-12-14-28(36)26(34)19-21)30(31(39)33(41)42)25(18-23)22-13-15-29(37)27(35)20-22;/h12-15,17-20H,2-11,16H2,1H3,(H,38,40)(H,41,42);/q;+1/p-1. The number of benzene rings is 3. The molecule has 0 aliphatic carbocycles. The Labute approximate surface area is 283 Å². The van der Waals surface area contributed by atoms with Crippen molar-refractivity contribution in [3.63, 3.8) is 0 Å². The van der Waals surface area contributed by atoms with Gasteiger partial charge in [0.25, 0.3) is 5.91 Å². The van der Waals surface area contributed by atoms with Crippen LogP contribution < -0.4 is 40.0 Å². The molecule has 0 aliphatic heterocycles. The number of rotatable bonds is 16. The van der Waals surface area contributed by atoms with Gasteiger partial charge in [0.05, 0.1) is 10.0 Å². The van der Waals surface area contributed by atoms with E-state index in [1.54, 1.807) is 0 Å². The van der Waals surface area contributed by atoms with Crippen molar-refractivity contribution in [2.75, 3.05) is 6.54 Å². The molecule has 3 aromatic carbocycles. The number of hydrogen-bond acceptors (Lipinski definition) is 4. The van der Waals surface area contributed by atoms with Crippen molar-refractivity contribution in [3.05, 3.63) is 81.3 Å². The number of carbonyl (C=O) groups excluding carboxylic acids is 3. The summed E-state index contributed by atoms with van der Waals surface area (Å²) in [5.74, 6) is -5.26. The molecule has 0 atom stereocenters. The molecule has 0 fully saturated rings. The van der Waals surface area contributed by atoms with Gasteiger partial charge in [-0.25, -0.2) is 8.78 Å². The maximum absolute atomic E-state index is 14.0. The average Bonchev–Trinajstić information content (AvgIpc) is 2.97. The Kier molecular flexibility index (Phi) is 15.9. The third-order valence-corrected chi connectivity index (χ3v) is 7.67. The predicted octanol–water partition coefficient (Wildman–Crippen LogP) is 5.19. The number of nitrogens with one attached hydrogen (secondary N) is 1. The van der Waals surface area contributed by atoms with Crippen LogP contribution in [0, 0.1) is 11.6 Å². The molecule has 0 bridgehead atoms. The van der Waals surface area contributed by atoms with E-state index in [0.717, 1.165) is 37.8 Å². The molecule has 0 heterocycles. The molecule has 1 N–H and O–H groups in total. The summed E-state index contributed by atoms with van der Waals surface area (Å²) in [5.41, 5.74) is 0.227. The monoisotopic (exact) mass is 639 g/mol. The zero-order valence-electron chi connectivity index (χ0n) is 24.5. The minimum atomic E-state index is -1.99. The minimum Gasteiger partial charge on any atom is -0.541 e. The summed E-state index contributed by atoms with van der Waals surface area (Å²) in [6.07, 6.45) is 11.5. The molecule has 3 rings (SSSR count). The van der Waals surface area contributed by atoms with E-state index >= 15 is 0 Å². The number of hydrogen-bond donors (Lipinski definition) is 1. The van der Waals surface area contributed by atoms with Gasteiger partial charge in [-0.1, -0.05) is 100 Å². The fourth-order valence-corrected chi connectivity index (χ4v) is 5.18. The molecule has 0 unspecified atom stereocenters. The quantitative estimate of drug-likeness (QED) is 0.101. The van der Waals surface area contributed by atoms with Crippen molar-refractivity contribution in [1.29, 1.82) is 0 Å². The number of carboxylic acid groups (broad SMARTS) is 1. The molecule has 224 valence electrons. The fraction of sp³-hybridized carbons (Fsp3) is 0.364. The summed E-state index contributed by atoms with van der Waals surface area (Å²) < 4.78 is 27.9. The fourth-order valence-electron chi connectivity index (χ4n) is 4.82. The van der Waals surface area contributed by atoms with Crippen LogP contribution in [0.5, 0.6) is 0 Å². The molecule has 1 amide bonds. The summed E-state index contributed by atoms with van der Waals surface area (Å²) in [4.78, 5) is 37.9. The molecule has 0 aliphatic rings. The summed E-state index contributed by atoms with van der Waals surface area (Å²) in [5, 5.41) is 14.1. The summed E-state index contributed by atoms with van der Waals surface area (Å²) in [7, 11) is 0. The second kappa shape index (κ2) is 18.5. The average molecular weight is 641 g/mol. The summed E-state index contributed by atoms with van der Waals surface area (Å²) >= 11 is 12.0. The molecule has 0 saturated heterocycles. The van der Waals surface area contributed by atoms with Crippen LogP contribution in [0.3, 0.4) is 0 Å². The molecule has 0 saturated carbocycles. The van der Waals surface area contributed by atoms with E-state index in [9.17, 15) is 28.3 Å². The van der Waals surface area contributed by atoms with Gasteiger partial charge in [0.1, 0.15) is 17.6 Å². The second-order valence-corrected chi connectivity index (χ2v) is 11.1. The number of halogens is 4. The summed E-state index contributed by atoms with van der Waals surface area (Å²) in [6.45, 7) is 2.62. The number of carbonyl (C=O) groups is 3. The van der Waals surface area contributed by atoms with Gasteiger partial charge in [0, 0.05) is 17.7 Å². The van der Waals surface area contributed by atoms with E-state index < -0.39 is 29.3 Å². The largest absolute Gasteiger partial charge is 1.00 e. The first kappa shape index (κ1) is 36.9. The van der Waals surface area contributed by atoms with Crippen molar-refractivity contribution in [2.45, 2.75) is 71.1 Å². The van der Waals surface area contributed by atoms with Crippen LogP contribution in [0.4, 0.5) is 8.78 Å². The van der Waals surface area contributed by atoms with E-state index in [1.807, 2.05) is 0 Å². The Morgan fingerprint density at radius 1 is 0.721 bits per heavy atom. The number of ketones is 1.